The number of amides is 2. The monoisotopic (exact) mass is 467 g/mol. The average Bonchev–Trinajstić information content (AvgIpc) is 2.73. The minimum absolute atomic E-state index is 0.119. The van der Waals surface area contributed by atoms with Crippen LogP contribution < -0.4 is 15.8 Å². The molecule has 1 aliphatic heterocycles. The van der Waals surface area contributed by atoms with Crippen LogP contribution in [0.25, 0.3) is 5.70 Å². The normalized spacial score (nSPS) is 15.5. The number of nitrogens with two attached hydrogens (primary N) is 1. The van der Waals surface area contributed by atoms with Crippen molar-refractivity contribution in [3.8, 4) is 5.75 Å². The number of hydrogen-bond acceptors (Lipinski definition) is 5. The third-order valence-corrected chi connectivity index (χ3v) is 5.78. The van der Waals surface area contributed by atoms with Crippen LogP contribution in [0, 0.1) is 5.82 Å². The number of nitrogens with zero attached hydrogens (tertiary/aromatic N) is 3. The highest BCUT2D eigenvalue weighted by atomic mass is 35.5. The second kappa shape index (κ2) is 9.72. The van der Waals surface area contributed by atoms with Gasteiger partial charge in [0.25, 0.3) is 0 Å². The van der Waals surface area contributed by atoms with Gasteiger partial charge in [-0.25, -0.2) is 14.2 Å². The van der Waals surface area contributed by atoms with E-state index in [1.54, 1.807) is 17.9 Å². The minimum atomic E-state index is -0.705. The van der Waals surface area contributed by atoms with E-state index in [0.717, 1.165) is 13.1 Å². The lowest BCUT2D eigenvalue weighted by molar-refractivity contribution is 0.157. The van der Waals surface area contributed by atoms with E-state index in [1.165, 1.54) is 18.3 Å². The number of carbonyl (C=O) groups excluding carboxylic acids is 1. The molecule has 0 aliphatic carbocycles. The standard InChI is InChI=1S/C21H24Cl2FN5O2/c1-12(27-21(30)29-8-6-28(3)7-9-29)14-10-17(20(25)26-11-14)31-13(2)18-15(22)4-5-16(24)19(18)23/h4-5,10-11,13H,1,6-9H2,2-3H3,(H2,25,26)(H,27,30). The van der Waals surface area contributed by atoms with Crippen molar-refractivity contribution in [3.63, 3.8) is 0 Å². The fourth-order valence-corrected chi connectivity index (χ4v) is 3.85. The first-order valence-electron chi connectivity index (χ1n) is 9.66. The first kappa shape index (κ1) is 23.1. The largest absolute Gasteiger partial charge is 0.482 e. The molecule has 0 bridgehead atoms. The predicted octanol–water partition coefficient (Wildman–Crippen LogP) is 4.18. The zero-order valence-corrected chi connectivity index (χ0v) is 18.8. The summed E-state index contributed by atoms with van der Waals surface area (Å²) in [7, 11) is 2.01. The number of aromatic nitrogens is 1. The van der Waals surface area contributed by atoms with Gasteiger partial charge in [-0.1, -0.05) is 29.8 Å². The number of carbonyl (C=O) groups is 1. The molecule has 7 nitrogen and oxygen atoms in total. The molecule has 1 aromatic carbocycles. The van der Waals surface area contributed by atoms with Crippen LogP contribution in [0.15, 0.2) is 31.0 Å². The molecule has 1 unspecified atom stereocenters. The summed E-state index contributed by atoms with van der Waals surface area (Å²) in [6.45, 7) is 8.49. The van der Waals surface area contributed by atoms with Gasteiger partial charge in [0.2, 0.25) is 0 Å². The van der Waals surface area contributed by atoms with Crippen molar-refractivity contribution in [2.45, 2.75) is 13.0 Å². The second-order valence-electron chi connectivity index (χ2n) is 7.32. The first-order valence-corrected chi connectivity index (χ1v) is 10.4. The number of nitrogens with one attached hydrogen (secondary N) is 1. The number of rotatable bonds is 5. The van der Waals surface area contributed by atoms with E-state index >= 15 is 0 Å². The quantitative estimate of drug-likeness (QED) is 0.644. The lowest BCUT2D eigenvalue weighted by Gasteiger charge is -2.32. The molecular weight excluding hydrogens is 444 g/mol. The Morgan fingerprint density at radius 3 is 2.68 bits per heavy atom. The van der Waals surface area contributed by atoms with Crippen molar-refractivity contribution in [2.75, 3.05) is 39.0 Å². The highest BCUT2D eigenvalue weighted by molar-refractivity contribution is 6.36. The van der Waals surface area contributed by atoms with Gasteiger partial charge in [-0.3, -0.25) is 0 Å². The van der Waals surface area contributed by atoms with E-state index in [2.05, 4.69) is 21.8 Å². The van der Waals surface area contributed by atoms with Crippen LogP contribution in [0.2, 0.25) is 10.0 Å². The maximum absolute atomic E-state index is 13.9. The summed E-state index contributed by atoms with van der Waals surface area (Å²) in [5.74, 6) is -0.245. The summed E-state index contributed by atoms with van der Waals surface area (Å²) in [5.41, 5.74) is 7.13. The van der Waals surface area contributed by atoms with Crippen LogP contribution in [0.1, 0.15) is 24.2 Å². The Balaban J connectivity index is 1.73. The molecule has 0 radical (unpaired) electrons. The van der Waals surface area contributed by atoms with Crippen molar-refractivity contribution < 1.29 is 13.9 Å². The first-order chi connectivity index (χ1) is 14.7. The van der Waals surface area contributed by atoms with E-state index in [4.69, 9.17) is 33.7 Å². The summed E-state index contributed by atoms with van der Waals surface area (Å²) >= 11 is 12.2. The number of piperazine rings is 1. The Morgan fingerprint density at radius 1 is 1.32 bits per heavy atom. The number of likely N-dealkylation sites (N-methyl/N-ethyl adjacent to an activating group) is 1. The third kappa shape index (κ3) is 5.39. The van der Waals surface area contributed by atoms with Crippen molar-refractivity contribution in [1.82, 2.24) is 20.1 Å². The number of urea groups is 1. The molecule has 2 heterocycles. The van der Waals surface area contributed by atoms with Gasteiger partial charge in [0.05, 0.1) is 5.02 Å². The summed E-state index contributed by atoms with van der Waals surface area (Å²) < 4.78 is 19.7. The number of halogens is 3. The van der Waals surface area contributed by atoms with Gasteiger partial charge in [0.1, 0.15) is 11.9 Å². The fourth-order valence-electron chi connectivity index (χ4n) is 3.17. The zero-order chi connectivity index (χ0) is 22.7. The van der Waals surface area contributed by atoms with E-state index in [0.29, 0.717) is 29.9 Å². The molecule has 1 aromatic heterocycles. The lowest BCUT2D eigenvalue weighted by Crippen LogP contribution is -2.50. The van der Waals surface area contributed by atoms with Crippen LogP contribution in [0.5, 0.6) is 5.75 Å². The molecule has 166 valence electrons. The van der Waals surface area contributed by atoms with Crippen molar-refractivity contribution in [1.29, 1.82) is 0 Å². The maximum Gasteiger partial charge on any atom is 0.321 e. The highest BCUT2D eigenvalue weighted by Crippen LogP contribution is 2.36. The Kier molecular flexibility index (Phi) is 7.25. The Bertz CT molecular complexity index is 996. The number of nitrogen functional groups attached to an aromatic ring is 1. The molecule has 1 atom stereocenters. The van der Waals surface area contributed by atoms with Gasteiger partial charge in [0.15, 0.2) is 11.6 Å². The summed E-state index contributed by atoms with van der Waals surface area (Å²) in [4.78, 5) is 20.5. The topological polar surface area (TPSA) is 83.7 Å². The number of pyridine rings is 1. The van der Waals surface area contributed by atoms with E-state index in [-0.39, 0.29) is 27.6 Å². The number of ether oxygens (including phenoxy) is 1. The molecule has 2 aromatic rings. The van der Waals surface area contributed by atoms with Crippen LogP contribution in [0.3, 0.4) is 0 Å². The molecule has 3 rings (SSSR count). The average molecular weight is 468 g/mol. The third-order valence-electron chi connectivity index (χ3n) is 5.07. The molecule has 1 aliphatic rings. The molecule has 2 amide bonds. The van der Waals surface area contributed by atoms with Gasteiger partial charge in [-0.05, 0) is 32.2 Å². The SMILES string of the molecule is C=C(NC(=O)N1CCN(C)CC1)c1cnc(N)c(OC(C)c2c(Cl)ccc(F)c2Cl)c1. The number of benzene rings is 1. The minimum Gasteiger partial charge on any atom is -0.482 e. The van der Waals surface area contributed by atoms with Gasteiger partial charge in [-0.15, -0.1) is 0 Å². The Morgan fingerprint density at radius 2 is 2.00 bits per heavy atom. The Hall–Kier alpha value is -2.55. The maximum atomic E-state index is 13.9. The van der Waals surface area contributed by atoms with Gasteiger partial charge in [0, 0.05) is 54.2 Å². The molecular formula is C21H24Cl2FN5O2. The summed E-state index contributed by atoms with van der Waals surface area (Å²) in [6, 6.07) is 3.96. The van der Waals surface area contributed by atoms with Crippen LogP contribution in [0.4, 0.5) is 15.0 Å². The van der Waals surface area contributed by atoms with E-state index in [1.807, 2.05) is 7.05 Å². The molecule has 3 N–H and O–H groups in total. The number of anilines is 1. The summed E-state index contributed by atoms with van der Waals surface area (Å²) in [5, 5.41) is 2.93. The fraction of sp³-hybridized carbons (Fsp3) is 0.333. The smallest absolute Gasteiger partial charge is 0.321 e. The highest BCUT2D eigenvalue weighted by Gasteiger charge is 2.22. The summed E-state index contributed by atoms with van der Waals surface area (Å²) in [6.07, 6.45) is 0.782. The van der Waals surface area contributed by atoms with Gasteiger partial charge >= 0.3 is 6.03 Å². The van der Waals surface area contributed by atoms with Crippen LogP contribution >= 0.6 is 23.2 Å². The Labute approximate surface area is 190 Å². The molecule has 31 heavy (non-hydrogen) atoms. The van der Waals surface area contributed by atoms with Gasteiger partial charge in [-0.2, -0.15) is 0 Å². The molecule has 1 fully saturated rings. The van der Waals surface area contributed by atoms with Crippen molar-refractivity contribution in [2.24, 2.45) is 0 Å². The second-order valence-corrected chi connectivity index (χ2v) is 8.11. The molecule has 1 saturated heterocycles. The van der Waals surface area contributed by atoms with Gasteiger partial charge < -0.3 is 25.6 Å². The molecule has 0 spiro atoms. The van der Waals surface area contributed by atoms with Crippen LogP contribution in [-0.2, 0) is 0 Å². The van der Waals surface area contributed by atoms with E-state index in [9.17, 15) is 9.18 Å². The zero-order valence-electron chi connectivity index (χ0n) is 17.3. The molecule has 0 saturated carbocycles. The number of hydrogen-bond donors (Lipinski definition) is 2. The predicted molar refractivity (Wildman–Crippen MR) is 121 cm³/mol. The van der Waals surface area contributed by atoms with Crippen molar-refractivity contribution >= 4 is 40.7 Å². The van der Waals surface area contributed by atoms with E-state index < -0.39 is 11.9 Å². The molecule has 10 heteroatoms. The lowest BCUT2D eigenvalue weighted by atomic mass is 10.1. The van der Waals surface area contributed by atoms with Crippen molar-refractivity contribution in [3.05, 3.63) is 58.0 Å². The van der Waals surface area contributed by atoms with Crippen LogP contribution in [-0.4, -0.2) is 54.0 Å².